The molecule has 0 radical (unpaired) electrons. The van der Waals surface area contributed by atoms with Gasteiger partial charge in [0, 0.05) is 36.2 Å². The first-order valence-corrected chi connectivity index (χ1v) is 11.9. The number of allylic oxidation sites excluding steroid dienone is 2. The number of aryl methyl sites for hydroxylation is 2. The minimum Gasteiger partial charge on any atom is -0.430 e. The van der Waals surface area contributed by atoms with Crippen molar-refractivity contribution >= 4 is 17.3 Å². The third-order valence-electron chi connectivity index (χ3n) is 6.72. The van der Waals surface area contributed by atoms with E-state index in [0.29, 0.717) is 24.2 Å². The normalized spacial score (nSPS) is 18.8. The van der Waals surface area contributed by atoms with E-state index in [1.54, 1.807) is 6.20 Å². The third kappa shape index (κ3) is 5.09. The summed E-state index contributed by atoms with van der Waals surface area (Å²) in [5.74, 6) is 6.07. The fourth-order valence-corrected chi connectivity index (χ4v) is 5.17. The van der Waals surface area contributed by atoms with E-state index in [4.69, 9.17) is 4.74 Å². The SMILES string of the molecule is CC#Cc1cc(C)c(C2=C(OC(=O)C3CCCCC3)CC(Cc3ccccn3)C2=O)c(C)c1. The average Bonchev–Trinajstić information content (AvgIpc) is 3.09. The first-order chi connectivity index (χ1) is 16.0. The summed E-state index contributed by atoms with van der Waals surface area (Å²) in [6, 6.07) is 9.75. The second-order valence-corrected chi connectivity index (χ2v) is 9.20. The van der Waals surface area contributed by atoms with Gasteiger partial charge in [-0.05, 0) is 74.6 Å². The summed E-state index contributed by atoms with van der Waals surface area (Å²) in [4.78, 5) is 31.1. The number of nitrogens with zero attached hydrogens (tertiary/aromatic N) is 1. The zero-order valence-corrected chi connectivity index (χ0v) is 19.7. The Morgan fingerprint density at radius 2 is 1.85 bits per heavy atom. The molecule has 2 aromatic rings. The molecular formula is C29H31NO3. The van der Waals surface area contributed by atoms with E-state index in [2.05, 4.69) is 16.8 Å². The van der Waals surface area contributed by atoms with Crippen molar-refractivity contribution in [3.63, 3.8) is 0 Å². The molecule has 1 saturated carbocycles. The first-order valence-electron chi connectivity index (χ1n) is 11.9. The summed E-state index contributed by atoms with van der Waals surface area (Å²) in [6.07, 6.45) is 7.74. The predicted octanol–water partition coefficient (Wildman–Crippen LogP) is 5.74. The van der Waals surface area contributed by atoms with Gasteiger partial charge in [-0.2, -0.15) is 0 Å². The number of rotatable bonds is 5. The Hall–Kier alpha value is -3.19. The zero-order valence-electron chi connectivity index (χ0n) is 19.7. The Bertz CT molecular complexity index is 1120. The number of hydrogen-bond donors (Lipinski definition) is 0. The number of benzene rings is 1. The van der Waals surface area contributed by atoms with Gasteiger partial charge in [-0.15, -0.1) is 5.92 Å². The largest absolute Gasteiger partial charge is 0.430 e. The standard InChI is InChI=1S/C29H31NO3/c1-4-10-21-15-19(2)26(20(3)16-21)27-25(33-29(32)22-11-6-5-7-12-22)18-23(28(27)31)17-24-13-8-9-14-30-24/h8-9,13-16,22-23H,5-7,11-12,17-18H2,1-3H3. The molecule has 1 unspecified atom stereocenters. The summed E-state index contributed by atoms with van der Waals surface area (Å²) in [5, 5.41) is 0. The molecule has 0 spiro atoms. The molecule has 4 nitrogen and oxygen atoms in total. The number of pyridine rings is 1. The quantitative estimate of drug-likeness (QED) is 0.439. The van der Waals surface area contributed by atoms with Gasteiger partial charge in [0.05, 0.1) is 11.5 Å². The molecule has 4 rings (SSSR count). The zero-order chi connectivity index (χ0) is 23.4. The highest BCUT2D eigenvalue weighted by Gasteiger charge is 2.38. The molecule has 0 bridgehead atoms. The Balaban J connectivity index is 1.70. The lowest BCUT2D eigenvalue weighted by molar-refractivity contribution is -0.145. The van der Waals surface area contributed by atoms with Gasteiger partial charge >= 0.3 is 5.97 Å². The molecule has 0 amide bonds. The molecule has 0 aliphatic heterocycles. The van der Waals surface area contributed by atoms with Gasteiger partial charge in [0.1, 0.15) is 5.76 Å². The second kappa shape index (κ2) is 10.2. The Morgan fingerprint density at radius 3 is 2.48 bits per heavy atom. The van der Waals surface area contributed by atoms with Crippen LogP contribution in [0.5, 0.6) is 0 Å². The number of ether oxygens (including phenoxy) is 1. The van der Waals surface area contributed by atoms with E-state index < -0.39 is 0 Å². The van der Waals surface area contributed by atoms with Crippen molar-refractivity contribution in [2.75, 3.05) is 0 Å². The monoisotopic (exact) mass is 441 g/mol. The number of aromatic nitrogens is 1. The van der Waals surface area contributed by atoms with Crippen LogP contribution in [0.1, 0.15) is 73.4 Å². The minimum atomic E-state index is -0.280. The lowest BCUT2D eigenvalue weighted by Gasteiger charge is -2.21. The van der Waals surface area contributed by atoms with Crippen LogP contribution in [0, 0.1) is 37.5 Å². The van der Waals surface area contributed by atoms with Gasteiger partial charge in [-0.3, -0.25) is 14.6 Å². The van der Waals surface area contributed by atoms with Crippen LogP contribution in [0.3, 0.4) is 0 Å². The molecule has 1 fully saturated rings. The molecule has 0 saturated heterocycles. The highest BCUT2D eigenvalue weighted by atomic mass is 16.5. The van der Waals surface area contributed by atoms with E-state index in [-0.39, 0.29) is 23.6 Å². The Kier molecular flexibility index (Phi) is 7.08. The topological polar surface area (TPSA) is 56.3 Å². The van der Waals surface area contributed by atoms with Gasteiger partial charge < -0.3 is 4.74 Å². The number of Topliss-reactive ketones (excluding diaryl/α,β-unsaturated/α-hetero) is 1. The number of carbonyl (C=O) groups excluding carboxylic acids is 2. The number of ketones is 1. The summed E-state index contributed by atoms with van der Waals surface area (Å²) in [5.41, 5.74) is 5.18. The van der Waals surface area contributed by atoms with E-state index in [9.17, 15) is 9.59 Å². The lowest BCUT2D eigenvalue weighted by atomic mass is 9.89. The maximum Gasteiger partial charge on any atom is 0.314 e. The van der Waals surface area contributed by atoms with Crippen LogP contribution < -0.4 is 0 Å². The van der Waals surface area contributed by atoms with Crippen molar-refractivity contribution < 1.29 is 14.3 Å². The van der Waals surface area contributed by atoms with Gasteiger partial charge in [-0.25, -0.2) is 0 Å². The van der Waals surface area contributed by atoms with Crippen LogP contribution >= 0.6 is 0 Å². The fraction of sp³-hybridized carbons (Fsp3) is 0.414. The average molecular weight is 442 g/mol. The maximum atomic E-state index is 13.7. The fourth-order valence-electron chi connectivity index (χ4n) is 5.17. The highest BCUT2D eigenvalue weighted by molar-refractivity contribution is 6.25. The van der Waals surface area contributed by atoms with Crippen molar-refractivity contribution in [2.24, 2.45) is 11.8 Å². The van der Waals surface area contributed by atoms with E-state index in [1.807, 2.05) is 51.1 Å². The van der Waals surface area contributed by atoms with Gasteiger partial charge in [0.2, 0.25) is 0 Å². The van der Waals surface area contributed by atoms with Gasteiger partial charge in [-0.1, -0.05) is 31.2 Å². The Morgan fingerprint density at radius 1 is 1.12 bits per heavy atom. The van der Waals surface area contributed by atoms with Crippen molar-refractivity contribution in [3.8, 4) is 11.8 Å². The maximum absolute atomic E-state index is 13.7. The molecule has 1 heterocycles. The molecule has 1 aromatic carbocycles. The molecule has 2 aliphatic rings. The number of hydrogen-bond acceptors (Lipinski definition) is 4. The van der Waals surface area contributed by atoms with Crippen LogP contribution in [-0.2, 0) is 20.7 Å². The van der Waals surface area contributed by atoms with E-state index in [1.165, 1.54) is 6.42 Å². The van der Waals surface area contributed by atoms with Crippen molar-refractivity contribution in [3.05, 3.63) is 70.2 Å². The predicted molar refractivity (Wildman–Crippen MR) is 129 cm³/mol. The first kappa shape index (κ1) is 23.0. The molecular weight excluding hydrogens is 410 g/mol. The molecule has 1 aromatic heterocycles. The van der Waals surface area contributed by atoms with Crippen molar-refractivity contribution in [2.45, 2.75) is 65.7 Å². The molecule has 2 aliphatic carbocycles. The summed E-state index contributed by atoms with van der Waals surface area (Å²) < 4.78 is 6.02. The highest BCUT2D eigenvalue weighted by Crippen LogP contribution is 2.40. The molecule has 4 heteroatoms. The van der Waals surface area contributed by atoms with Crippen LogP contribution in [0.4, 0.5) is 0 Å². The van der Waals surface area contributed by atoms with Crippen LogP contribution in [0.15, 0.2) is 42.3 Å². The molecule has 33 heavy (non-hydrogen) atoms. The van der Waals surface area contributed by atoms with Crippen molar-refractivity contribution in [1.82, 2.24) is 4.98 Å². The van der Waals surface area contributed by atoms with Gasteiger partial charge in [0.15, 0.2) is 5.78 Å². The van der Waals surface area contributed by atoms with E-state index in [0.717, 1.165) is 53.6 Å². The van der Waals surface area contributed by atoms with E-state index >= 15 is 0 Å². The van der Waals surface area contributed by atoms with Gasteiger partial charge in [0.25, 0.3) is 0 Å². The smallest absolute Gasteiger partial charge is 0.314 e. The summed E-state index contributed by atoms with van der Waals surface area (Å²) in [6.45, 7) is 5.80. The molecule has 1 atom stereocenters. The number of carbonyl (C=O) groups is 2. The number of esters is 1. The van der Waals surface area contributed by atoms with Crippen LogP contribution in [0.25, 0.3) is 5.57 Å². The lowest BCUT2D eigenvalue weighted by Crippen LogP contribution is -2.20. The van der Waals surface area contributed by atoms with Crippen molar-refractivity contribution in [1.29, 1.82) is 0 Å². The molecule has 0 N–H and O–H groups in total. The third-order valence-corrected chi connectivity index (χ3v) is 6.72. The Labute approximate surface area is 196 Å². The van der Waals surface area contributed by atoms with Crippen LogP contribution in [-0.4, -0.2) is 16.7 Å². The second-order valence-electron chi connectivity index (χ2n) is 9.20. The minimum absolute atomic E-state index is 0.0348. The van der Waals surface area contributed by atoms with Crippen LogP contribution in [0.2, 0.25) is 0 Å². The molecule has 170 valence electrons. The summed E-state index contributed by atoms with van der Waals surface area (Å²) in [7, 11) is 0. The summed E-state index contributed by atoms with van der Waals surface area (Å²) >= 11 is 0.